The predicted octanol–water partition coefficient (Wildman–Crippen LogP) is 2.64. The van der Waals surface area contributed by atoms with Crippen LogP contribution in [0.15, 0.2) is 18.2 Å². The lowest BCUT2D eigenvalue weighted by atomic mass is 10.2. The molecule has 0 amide bonds. The highest BCUT2D eigenvalue weighted by molar-refractivity contribution is 14.1. The molecule has 0 spiro atoms. The first-order chi connectivity index (χ1) is 5.24. The topological polar surface area (TPSA) is 17.1 Å². The van der Waals surface area contributed by atoms with Crippen LogP contribution in [0.4, 0.5) is 0 Å². The molecule has 0 atom stereocenters. The van der Waals surface area contributed by atoms with Crippen molar-refractivity contribution in [2.75, 3.05) is 0 Å². The molecule has 0 aliphatic rings. The molecule has 1 aromatic rings. The minimum Gasteiger partial charge on any atom is -0.303 e. The summed E-state index contributed by atoms with van der Waals surface area (Å²) in [7, 11) is 0. The Hall–Kier alpha value is 0.350. The molecule has 3 heteroatoms. The summed E-state index contributed by atoms with van der Waals surface area (Å²) in [5.74, 6) is 0. The van der Waals surface area contributed by atoms with E-state index in [4.69, 9.17) is 0 Å². The number of carbonyl (C=O) groups excluding carboxylic acids is 1. The van der Waals surface area contributed by atoms with Gasteiger partial charge in [-0.05, 0) is 68.9 Å². The molecule has 0 heterocycles. The van der Waals surface area contributed by atoms with Crippen LogP contribution in [0.5, 0.6) is 0 Å². The van der Waals surface area contributed by atoms with Crippen LogP contribution in [0.1, 0.15) is 5.56 Å². The highest BCUT2D eigenvalue weighted by Gasteiger charge is 1.98. The summed E-state index contributed by atoms with van der Waals surface area (Å²) in [5.41, 5.74) is 1.12. The molecule has 1 nitrogen and oxygen atoms in total. The molecule has 0 saturated carbocycles. The number of aldehydes is 1. The van der Waals surface area contributed by atoms with Crippen molar-refractivity contribution < 1.29 is 4.79 Å². The Balaban J connectivity index is 3.01. The molecule has 0 bridgehead atoms. The van der Waals surface area contributed by atoms with Gasteiger partial charge in [-0.25, -0.2) is 0 Å². The largest absolute Gasteiger partial charge is 0.303 e. The third-order valence-corrected chi connectivity index (χ3v) is 3.03. The van der Waals surface area contributed by atoms with Crippen LogP contribution in [0.3, 0.4) is 0 Å². The van der Waals surface area contributed by atoms with Crippen molar-refractivity contribution >= 4 is 51.5 Å². The molecule has 0 aliphatic carbocycles. The quantitative estimate of drug-likeness (QED) is 0.577. The van der Waals surface area contributed by atoms with Gasteiger partial charge in [0.1, 0.15) is 6.29 Å². The Morgan fingerprint density at radius 3 is 2.73 bits per heavy atom. The summed E-state index contributed by atoms with van der Waals surface area (Å²) in [4.78, 5) is 10.2. The molecule has 0 aromatic heterocycles. The van der Waals surface area contributed by atoms with E-state index in [1.165, 1.54) is 3.57 Å². The van der Waals surface area contributed by atoms with Gasteiger partial charge in [-0.3, -0.25) is 0 Å². The third kappa shape index (κ3) is 2.70. The zero-order valence-corrected chi connectivity index (χ0v) is 10.00. The average Bonchev–Trinajstić information content (AvgIpc) is 1.98. The second-order valence-corrected chi connectivity index (χ2v) is 4.51. The van der Waals surface area contributed by atoms with Gasteiger partial charge in [0, 0.05) is 13.6 Å². The summed E-state index contributed by atoms with van der Waals surface area (Å²) < 4.78 is 2.34. The number of rotatable bonds is 2. The SMILES string of the molecule is O=CCc1cc(I)ccc1I. The number of hydrogen-bond acceptors (Lipinski definition) is 1. The summed E-state index contributed by atoms with van der Waals surface area (Å²) in [6.07, 6.45) is 1.46. The second kappa shape index (κ2) is 4.39. The second-order valence-electron chi connectivity index (χ2n) is 2.11. The summed E-state index contributed by atoms with van der Waals surface area (Å²) in [5, 5.41) is 0. The molecule has 1 rings (SSSR count). The van der Waals surface area contributed by atoms with Gasteiger partial charge in [-0.1, -0.05) is 0 Å². The van der Waals surface area contributed by atoms with Crippen LogP contribution >= 0.6 is 45.2 Å². The highest BCUT2D eigenvalue weighted by Crippen LogP contribution is 2.15. The van der Waals surface area contributed by atoms with Gasteiger partial charge in [0.2, 0.25) is 0 Å². The first-order valence-corrected chi connectivity index (χ1v) is 5.27. The lowest BCUT2D eigenvalue weighted by Gasteiger charge is -1.99. The van der Waals surface area contributed by atoms with E-state index < -0.39 is 0 Å². The van der Waals surface area contributed by atoms with Crippen molar-refractivity contribution in [3.63, 3.8) is 0 Å². The zero-order chi connectivity index (χ0) is 8.27. The zero-order valence-electron chi connectivity index (χ0n) is 5.68. The van der Waals surface area contributed by atoms with Gasteiger partial charge in [-0.15, -0.1) is 0 Å². The molecule has 0 fully saturated rings. The maximum atomic E-state index is 10.2. The molecule has 11 heavy (non-hydrogen) atoms. The average molecular weight is 372 g/mol. The Kier molecular flexibility index (Phi) is 3.77. The third-order valence-electron chi connectivity index (χ3n) is 1.31. The maximum absolute atomic E-state index is 10.2. The van der Waals surface area contributed by atoms with Crippen LogP contribution in [0.2, 0.25) is 0 Å². The van der Waals surface area contributed by atoms with Crippen molar-refractivity contribution in [2.45, 2.75) is 6.42 Å². The molecule has 1 aromatic carbocycles. The van der Waals surface area contributed by atoms with E-state index in [9.17, 15) is 4.79 Å². The van der Waals surface area contributed by atoms with E-state index in [2.05, 4.69) is 45.2 Å². The Morgan fingerprint density at radius 1 is 1.36 bits per heavy atom. The van der Waals surface area contributed by atoms with Crippen LogP contribution in [0, 0.1) is 7.14 Å². The van der Waals surface area contributed by atoms with Gasteiger partial charge in [-0.2, -0.15) is 0 Å². The molecule has 0 radical (unpaired) electrons. The maximum Gasteiger partial charge on any atom is 0.124 e. The van der Waals surface area contributed by atoms with Crippen molar-refractivity contribution in [3.05, 3.63) is 30.9 Å². The van der Waals surface area contributed by atoms with Crippen LogP contribution in [-0.4, -0.2) is 6.29 Å². The van der Waals surface area contributed by atoms with E-state index in [1.54, 1.807) is 0 Å². The van der Waals surface area contributed by atoms with E-state index >= 15 is 0 Å². The Labute approximate surface area is 92.8 Å². The van der Waals surface area contributed by atoms with Gasteiger partial charge >= 0.3 is 0 Å². The normalized spacial score (nSPS) is 9.64. The fraction of sp³-hybridized carbons (Fsp3) is 0.125. The summed E-state index contributed by atoms with van der Waals surface area (Å²) in [6, 6.07) is 6.11. The molecular weight excluding hydrogens is 366 g/mol. The van der Waals surface area contributed by atoms with Crippen LogP contribution < -0.4 is 0 Å². The number of hydrogen-bond donors (Lipinski definition) is 0. The van der Waals surface area contributed by atoms with E-state index in [0.29, 0.717) is 6.42 Å². The number of carbonyl (C=O) groups is 1. The monoisotopic (exact) mass is 372 g/mol. The van der Waals surface area contributed by atoms with Crippen molar-refractivity contribution in [3.8, 4) is 0 Å². The summed E-state index contributed by atoms with van der Waals surface area (Å²) >= 11 is 4.48. The van der Waals surface area contributed by atoms with Crippen molar-refractivity contribution in [1.82, 2.24) is 0 Å². The highest BCUT2D eigenvalue weighted by atomic mass is 127. The van der Waals surface area contributed by atoms with E-state index in [-0.39, 0.29) is 0 Å². The van der Waals surface area contributed by atoms with Gasteiger partial charge in [0.15, 0.2) is 0 Å². The minimum absolute atomic E-state index is 0.523. The molecule has 0 saturated heterocycles. The minimum atomic E-state index is 0.523. The van der Waals surface area contributed by atoms with E-state index in [1.807, 2.05) is 18.2 Å². The van der Waals surface area contributed by atoms with Gasteiger partial charge < -0.3 is 4.79 Å². The predicted molar refractivity (Wildman–Crippen MR) is 61.6 cm³/mol. The smallest absolute Gasteiger partial charge is 0.124 e. The first-order valence-electron chi connectivity index (χ1n) is 3.11. The number of benzene rings is 1. The molecule has 0 aliphatic heterocycles. The van der Waals surface area contributed by atoms with Crippen LogP contribution in [-0.2, 0) is 11.2 Å². The standard InChI is InChI=1S/C8H6I2O/c9-7-1-2-8(10)6(5-7)3-4-11/h1-2,4-5H,3H2. The molecule has 0 N–H and O–H groups in total. The molecular formula is C8H6I2O. The van der Waals surface area contributed by atoms with Crippen molar-refractivity contribution in [1.29, 1.82) is 0 Å². The lowest BCUT2D eigenvalue weighted by Crippen LogP contribution is -1.90. The van der Waals surface area contributed by atoms with E-state index in [0.717, 1.165) is 15.4 Å². The Bertz CT molecular complexity index is 271. The fourth-order valence-electron chi connectivity index (χ4n) is 0.790. The lowest BCUT2D eigenvalue weighted by molar-refractivity contribution is -0.107. The summed E-state index contributed by atoms with van der Waals surface area (Å²) in [6.45, 7) is 0. The molecule has 0 unspecified atom stereocenters. The molecule has 58 valence electrons. The number of halogens is 2. The van der Waals surface area contributed by atoms with Crippen molar-refractivity contribution in [2.24, 2.45) is 0 Å². The van der Waals surface area contributed by atoms with Crippen LogP contribution in [0.25, 0.3) is 0 Å². The fourth-order valence-corrected chi connectivity index (χ4v) is 1.90. The first kappa shape index (κ1) is 9.44. The Morgan fingerprint density at radius 2 is 2.09 bits per heavy atom. The van der Waals surface area contributed by atoms with Gasteiger partial charge in [0.25, 0.3) is 0 Å². The van der Waals surface area contributed by atoms with Gasteiger partial charge in [0.05, 0.1) is 0 Å².